The fraction of sp³-hybridized carbons (Fsp3) is 0.533. The van der Waals surface area contributed by atoms with Crippen LogP contribution in [0.1, 0.15) is 46.1 Å². The normalized spacial score (nSPS) is 12.4. The van der Waals surface area contributed by atoms with Crippen molar-refractivity contribution in [2.75, 3.05) is 5.75 Å². The molecule has 1 heterocycles. The molecule has 0 amide bonds. The fourth-order valence-electron chi connectivity index (χ4n) is 2.37. The summed E-state index contributed by atoms with van der Waals surface area (Å²) >= 11 is 0. The van der Waals surface area contributed by atoms with Gasteiger partial charge in [0.2, 0.25) is 15.0 Å². The summed E-state index contributed by atoms with van der Waals surface area (Å²) in [4.78, 5) is 4.36. The number of unbranched alkanes of at least 4 members (excludes halogenated alkanes) is 2. The van der Waals surface area contributed by atoms with Crippen molar-refractivity contribution in [2.45, 2.75) is 51.2 Å². The van der Waals surface area contributed by atoms with Crippen LogP contribution in [0.15, 0.2) is 29.4 Å². The Bertz CT molecular complexity index is 687. The molecule has 0 atom stereocenters. The van der Waals surface area contributed by atoms with Crippen LogP contribution >= 0.6 is 0 Å². The maximum atomic E-state index is 12.5. The second kappa shape index (κ2) is 5.95. The second-order valence-corrected chi connectivity index (χ2v) is 7.38. The van der Waals surface area contributed by atoms with E-state index in [0.29, 0.717) is 6.42 Å². The first-order valence-corrected chi connectivity index (χ1v) is 8.82. The van der Waals surface area contributed by atoms with Gasteiger partial charge in [0.05, 0.1) is 16.8 Å². The summed E-state index contributed by atoms with van der Waals surface area (Å²) < 4.78 is 26.9. The molecule has 20 heavy (non-hydrogen) atoms. The molecular weight excluding hydrogens is 272 g/mol. The number of fused-ring (bicyclic) bond motifs is 1. The maximum Gasteiger partial charge on any atom is 0.228 e. The van der Waals surface area contributed by atoms with E-state index in [9.17, 15) is 8.42 Å². The first-order chi connectivity index (χ1) is 9.47. The number of benzene rings is 1. The van der Waals surface area contributed by atoms with Gasteiger partial charge in [0.1, 0.15) is 0 Å². The summed E-state index contributed by atoms with van der Waals surface area (Å²) in [5.41, 5.74) is 1.63. The highest BCUT2D eigenvalue weighted by molar-refractivity contribution is 7.91. The van der Waals surface area contributed by atoms with Crippen LogP contribution < -0.4 is 0 Å². The number of aromatic nitrogens is 2. The molecule has 2 aromatic rings. The number of hydrogen-bond donors (Lipinski definition) is 0. The van der Waals surface area contributed by atoms with Gasteiger partial charge in [0, 0.05) is 6.04 Å². The van der Waals surface area contributed by atoms with E-state index < -0.39 is 9.84 Å². The van der Waals surface area contributed by atoms with Crippen LogP contribution in [0.25, 0.3) is 11.0 Å². The standard InChI is InChI=1S/C15H22N2O2S/c1-4-5-8-11-20(18,19)15-16-13-9-6-7-10-14(13)17(15)12(2)3/h6-7,9-10,12H,4-5,8,11H2,1-3H3. The van der Waals surface area contributed by atoms with Crippen LogP contribution in [0.5, 0.6) is 0 Å². The third-order valence-electron chi connectivity index (χ3n) is 3.37. The van der Waals surface area contributed by atoms with Crippen molar-refractivity contribution >= 4 is 20.9 Å². The lowest BCUT2D eigenvalue weighted by Gasteiger charge is -2.13. The fourth-order valence-corrected chi connectivity index (χ4v) is 3.99. The van der Waals surface area contributed by atoms with E-state index in [1.54, 1.807) is 0 Å². The van der Waals surface area contributed by atoms with Crippen LogP contribution in [0, 0.1) is 0 Å². The molecule has 1 aromatic heterocycles. The van der Waals surface area contributed by atoms with Gasteiger partial charge in [-0.25, -0.2) is 13.4 Å². The Morgan fingerprint density at radius 3 is 2.55 bits per heavy atom. The molecule has 0 aliphatic rings. The van der Waals surface area contributed by atoms with E-state index in [2.05, 4.69) is 11.9 Å². The summed E-state index contributed by atoms with van der Waals surface area (Å²) in [6, 6.07) is 7.65. The summed E-state index contributed by atoms with van der Waals surface area (Å²) in [6.45, 7) is 6.04. The molecule has 0 bridgehead atoms. The number of rotatable bonds is 6. The average Bonchev–Trinajstić information content (AvgIpc) is 2.79. The SMILES string of the molecule is CCCCCS(=O)(=O)c1nc2ccccc2n1C(C)C. The summed E-state index contributed by atoms with van der Waals surface area (Å²) in [5.74, 6) is 0.177. The zero-order chi connectivity index (χ0) is 14.8. The minimum Gasteiger partial charge on any atom is -0.312 e. The first-order valence-electron chi connectivity index (χ1n) is 7.17. The van der Waals surface area contributed by atoms with Gasteiger partial charge in [-0.2, -0.15) is 0 Å². The Balaban J connectivity index is 2.50. The molecule has 4 nitrogen and oxygen atoms in total. The highest BCUT2D eigenvalue weighted by Crippen LogP contribution is 2.25. The zero-order valence-electron chi connectivity index (χ0n) is 12.3. The quantitative estimate of drug-likeness (QED) is 0.765. The average molecular weight is 294 g/mol. The van der Waals surface area contributed by atoms with Crippen LogP contribution in [0.4, 0.5) is 0 Å². The van der Waals surface area contributed by atoms with Gasteiger partial charge in [0.25, 0.3) is 0 Å². The van der Waals surface area contributed by atoms with Crippen molar-refractivity contribution in [3.63, 3.8) is 0 Å². The molecule has 0 saturated carbocycles. The monoisotopic (exact) mass is 294 g/mol. The van der Waals surface area contributed by atoms with Gasteiger partial charge in [-0.05, 0) is 32.4 Å². The van der Waals surface area contributed by atoms with E-state index >= 15 is 0 Å². The summed E-state index contributed by atoms with van der Waals surface area (Å²) in [7, 11) is -3.32. The van der Waals surface area contributed by atoms with Crippen molar-refractivity contribution in [1.29, 1.82) is 0 Å². The Labute approximate surface area is 120 Å². The largest absolute Gasteiger partial charge is 0.312 e. The number of sulfone groups is 1. The Morgan fingerprint density at radius 1 is 1.20 bits per heavy atom. The molecule has 0 unspecified atom stereocenters. The van der Waals surface area contributed by atoms with Crippen LogP contribution in [-0.4, -0.2) is 23.7 Å². The van der Waals surface area contributed by atoms with Crippen LogP contribution in [-0.2, 0) is 9.84 Å². The third kappa shape index (κ3) is 2.87. The molecule has 0 N–H and O–H groups in total. The molecule has 0 aliphatic carbocycles. The Morgan fingerprint density at radius 2 is 1.90 bits per heavy atom. The van der Waals surface area contributed by atoms with Crippen molar-refractivity contribution in [3.8, 4) is 0 Å². The van der Waals surface area contributed by atoms with Crippen LogP contribution in [0.3, 0.4) is 0 Å². The minimum atomic E-state index is -3.32. The lowest BCUT2D eigenvalue weighted by atomic mass is 10.3. The first kappa shape index (κ1) is 15.0. The molecular formula is C15H22N2O2S. The van der Waals surface area contributed by atoms with E-state index in [0.717, 1.165) is 23.9 Å². The molecule has 0 aliphatic heterocycles. The molecule has 0 radical (unpaired) electrons. The van der Waals surface area contributed by atoms with Gasteiger partial charge < -0.3 is 4.57 Å². The molecule has 0 spiro atoms. The lowest BCUT2D eigenvalue weighted by molar-refractivity contribution is 0.529. The van der Waals surface area contributed by atoms with Crippen molar-refractivity contribution in [3.05, 3.63) is 24.3 Å². The van der Waals surface area contributed by atoms with Crippen molar-refractivity contribution in [2.24, 2.45) is 0 Å². The molecule has 0 saturated heterocycles. The van der Waals surface area contributed by atoms with Crippen molar-refractivity contribution < 1.29 is 8.42 Å². The predicted octanol–water partition coefficient (Wildman–Crippen LogP) is 3.58. The molecule has 0 fully saturated rings. The summed E-state index contributed by atoms with van der Waals surface area (Å²) in [6.07, 6.45) is 2.64. The Kier molecular flexibility index (Phi) is 4.48. The van der Waals surface area contributed by atoms with Gasteiger partial charge in [0.15, 0.2) is 0 Å². The highest BCUT2D eigenvalue weighted by Gasteiger charge is 2.24. The molecule has 2 rings (SSSR count). The van der Waals surface area contributed by atoms with E-state index in [1.807, 2.05) is 42.7 Å². The van der Waals surface area contributed by atoms with E-state index in [4.69, 9.17) is 0 Å². The number of nitrogens with zero attached hydrogens (tertiary/aromatic N) is 2. The zero-order valence-corrected chi connectivity index (χ0v) is 13.2. The van der Waals surface area contributed by atoms with Gasteiger partial charge in [-0.1, -0.05) is 31.9 Å². The van der Waals surface area contributed by atoms with Gasteiger partial charge in [-0.15, -0.1) is 0 Å². The topological polar surface area (TPSA) is 52.0 Å². The van der Waals surface area contributed by atoms with Gasteiger partial charge >= 0.3 is 0 Å². The summed E-state index contributed by atoms with van der Waals surface area (Å²) in [5, 5.41) is 0.213. The van der Waals surface area contributed by atoms with E-state index in [-0.39, 0.29) is 17.0 Å². The van der Waals surface area contributed by atoms with E-state index in [1.165, 1.54) is 0 Å². The van der Waals surface area contributed by atoms with Crippen molar-refractivity contribution in [1.82, 2.24) is 9.55 Å². The molecule has 110 valence electrons. The lowest BCUT2D eigenvalue weighted by Crippen LogP contribution is -2.15. The second-order valence-electron chi connectivity index (χ2n) is 5.37. The number of imidazole rings is 1. The smallest absolute Gasteiger partial charge is 0.228 e. The van der Waals surface area contributed by atoms with Gasteiger partial charge in [-0.3, -0.25) is 0 Å². The Hall–Kier alpha value is -1.36. The predicted molar refractivity (Wildman–Crippen MR) is 81.7 cm³/mol. The number of hydrogen-bond acceptors (Lipinski definition) is 3. The molecule has 5 heteroatoms. The maximum absolute atomic E-state index is 12.5. The van der Waals surface area contributed by atoms with Crippen LogP contribution in [0.2, 0.25) is 0 Å². The number of para-hydroxylation sites is 2. The highest BCUT2D eigenvalue weighted by atomic mass is 32.2. The minimum absolute atomic E-state index is 0.0679. The molecule has 1 aromatic carbocycles. The third-order valence-corrected chi connectivity index (χ3v) is 5.05.